The van der Waals surface area contributed by atoms with Crippen LogP contribution in [0, 0.1) is 5.92 Å². The summed E-state index contributed by atoms with van der Waals surface area (Å²) in [6.45, 7) is 7.27. The minimum atomic E-state index is -1.17. The Bertz CT molecular complexity index is 334. The first-order valence-electron chi connectivity index (χ1n) is 6.39. The van der Waals surface area contributed by atoms with Crippen molar-refractivity contribution in [3.05, 3.63) is 0 Å². The Morgan fingerprint density at radius 1 is 1.39 bits per heavy atom. The Morgan fingerprint density at radius 3 is 2.44 bits per heavy atom. The molecular weight excluding hydrogens is 234 g/mol. The quantitative estimate of drug-likeness (QED) is 0.797. The van der Waals surface area contributed by atoms with E-state index in [9.17, 15) is 14.7 Å². The summed E-state index contributed by atoms with van der Waals surface area (Å²) in [4.78, 5) is 23.2. The van der Waals surface area contributed by atoms with E-state index < -0.39 is 23.2 Å². The van der Waals surface area contributed by atoms with Crippen molar-refractivity contribution < 1.29 is 19.4 Å². The van der Waals surface area contributed by atoms with Crippen LogP contribution in [0.5, 0.6) is 0 Å². The molecule has 1 fully saturated rings. The van der Waals surface area contributed by atoms with Gasteiger partial charge in [0.2, 0.25) is 0 Å². The molecule has 0 aliphatic heterocycles. The fourth-order valence-electron chi connectivity index (χ4n) is 2.41. The molecule has 1 aliphatic rings. The van der Waals surface area contributed by atoms with Crippen molar-refractivity contribution in [2.24, 2.45) is 5.92 Å². The maximum atomic E-state index is 11.7. The van der Waals surface area contributed by atoms with Gasteiger partial charge in [0.05, 0.1) is 0 Å². The number of carbonyl (C=O) groups is 2. The summed E-state index contributed by atoms with van der Waals surface area (Å²) in [6.07, 6.45) is 2.08. The number of nitrogens with one attached hydrogen (secondary N) is 1. The maximum absolute atomic E-state index is 11.7. The Labute approximate surface area is 108 Å². The number of carbonyl (C=O) groups excluding carboxylic acids is 1. The Kier molecular flexibility index (Phi) is 4.24. The predicted molar refractivity (Wildman–Crippen MR) is 67.4 cm³/mol. The third kappa shape index (κ3) is 3.89. The first-order chi connectivity index (χ1) is 8.15. The lowest BCUT2D eigenvalue weighted by Crippen LogP contribution is -2.57. The minimum absolute atomic E-state index is 0.296. The van der Waals surface area contributed by atoms with E-state index in [2.05, 4.69) is 5.32 Å². The van der Waals surface area contributed by atoms with Crippen molar-refractivity contribution in [3.8, 4) is 0 Å². The molecule has 0 aromatic rings. The Balaban J connectivity index is 2.74. The normalized spacial score (nSPS) is 28.6. The van der Waals surface area contributed by atoms with Gasteiger partial charge in [-0.3, -0.25) is 0 Å². The van der Waals surface area contributed by atoms with Crippen LogP contribution in [-0.2, 0) is 9.53 Å². The smallest absolute Gasteiger partial charge is 0.408 e. The molecule has 0 bridgehead atoms. The summed E-state index contributed by atoms with van der Waals surface area (Å²) in [5.74, 6) is -0.676. The summed E-state index contributed by atoms with van der Waals surface area (Å²) in [6, 6.07) is 0. The number of rotatable bonds is 2. The van der Waals surface area contributed by atoms with Gasteiger partial charge in [0.25, 0.3) is 0 Å². The fraction of sp³-hybridized carbons (Fsp3) is 0.846. The van der Waals surface area contributed by atoms with E-state index in [1.165, 1.54) is 0 Å². The van der Waals surface area contributed by atoms with E-state index in [-0.39, 0.29) is 0 Å². The van der Waals surface area contributed by atoms with E-state index in [1.807, 2.05) is 6.92 Å². The molecule has 1 aliphatic carbocycles. The lowest BCUT2D eigenvalue weighted by molar-refractivity contribution is -0.147. The first kappa shape index (κ1) is 14.8. The molecule has 0 radical (unpaired) electrons. The number of hydrogen-bond acceptors (Lipinski definition) is 3. The molecule has 2 N–H and O–H groups in total. The zero-order valence-corrected chi connectivity index (χ0v) is 11.6. The molecule has 5 heteroatoms. The molecule has 2 atom stereocenters. The standard InChI is InChI=1S/C13H23NO4/c1-9-6-5-7-13(8-9,10(15)16)14-11(17)18-12(2,3)4/h9H,5-8H2,1-4H3,(H,14,17)(H,15,16)/t9-,13+/m0/s1. The fourth-order valence-corrected chi connectivity index (χ4v) is 2.41. The maximum Gasteiger partial charge on any atom is 0.408 e. The monoisotopic (exact) mass is 257 g/mol. The highest BCUT2D eigenvalue weighted by Crippen LogP contribution is 2.32. The summed E-state index contributed by atoms with van der Waals surface area (Å²) in [7, 11) is 0. The van der Waals surface area contributed by atoms with E-state index in [4.69, 9.17) is 4.74 Å². The largest absolute Gasteiger partial charge is 0.480 e. The zero-order valence-electron chi connectivity index (χ0n) is 11.6. The molecular formula is C13H23NO4. The highest BCUT2D eigenvalue weighted by atomic mass is 16.6. The van der Waals surface area contributed by atoms with Crippen LogP contribution in [0.2, 0.25) is 0 Å². The number of amides is 1. The number of alkyl carbamates (subject to hydrolysis) is 1. The second-order valence-corrected chi connectivity index (χ2v) is 6.22. The van der Waals surface area contributed by atoms with Gasteiger partial charge in [-0.25, -0.2) is 9.59 Å². The van der Waals surface area contributed by atoms with Gasteiger partial charge in [-0.05, 0) is 39.5 Å². The van der Waals surface area contributed by atoms with Crippen LogP contribution in [0.4, 0.5) is 4.79 Å². The number of carboxylic acid groups (broad SMARTS) is 1. The highest BCUT2D eigenvalue weighted by molar-refractivity contribution is 5.84. The van der Waals surface area contributed by atoms with Gasteiger partial charge in [-0.15, -0.1) is 0 Å². The van der Waals surface area contributed by atoms with Crippen molar-refractivity contribution in [2.45, 2.75) is 64.5 Å². The molecule has 1 saturated carbocycles. The third-order valence-electron chi connectivity index (χ3n) is 3.15. The van der Waals surface area contributed by atoms with E-state index in [0.717, 1.165) is 12.8 Å². The minimum Gasteiger partial charge on any atom is -0.480 e. The van der Waals surface area contributed by atoms with Crippen molar-refractivity contribution in [2.75, 3.05) is 0 Å². The zero-order chi connectivity index (χ0) is 14.0. The van der Waals surface area contributed by atoms with E-state index in [0.29, 0.717) is 18.8 Å². The van der Waals surface area contributed by atoms with Crippen molar-refractivity contribution in [3.63, 3.8) is 0 Å². The summed E-state index contributed by atoms with van der Waals surface area (Å²) in [5, 5.41) is 11.9. The van der Waals surface area contributed by atoms with Crippen molar-refractivity contribution >= 4 is 12.1 Å². The molecule has 0 aromatic heterocycles. The molecule has 0 unspecified atom stereocenters. The summed E-state index contributed by atoms with van der Waals surface area (Å²) in [5.41, 5.74) is -1.79. The lowest BCUT2D eigenvalue weighted by Gasteiger charge is -2.37. The van der Waals surface area contributed by atoms with Gasteiger partial charge < -0.3 is 15.2 Å². The van der Waals surface area contributed by atoms with Crippen LogP contribution in [0.15, 0.2) is 0 Å². The topological polar surface area (TPSA) is 75.6 Å². The van der Waals surface area contributed by atoms with Crippen LogP contribution >= 0.6 is 0 Å². The molecule has 5 nitrogen and oxygen atoms in total. The molecule has 104 valence electrons. The highest BCUT2D eigenvalue weighted by Gasteiger charge is 2.44. The average molecular weight is 257 g/mol. The SMILES string of the molecule is C[C@H]1CCC[C@](NC(=O)OC(C)(C)C)(C(=O)O)C1. The van der Waals surface area contributed by atoms with Crippen LogP contribution in [0.3, 0.4) is 0 Å². The van der Waals surface area contributed by atoms with Gasteiger partial charge in [0, 0.05) is 0 Å². The van der Waals surface area contributed by atoms with Gasteiger partial charge >= 0.3 is 12.1 Å². The van der Waals surface area contributed by atoms with Crippen LogP contribution < -0.4 is 5.32 Å². The molecule has 0 saturated heterocycles. The molecule has 0 aromatic carbocycles. The number of carboxylic acids is 1. The predicted octanol–water partition coefficient (Wildman–Crippen LogP) is 2.54. The molecule has 1 amide bonds. The van der Waals surface area contributed by atoms with E-state index in [1.54, 1.807) is 20.8 Å². The molecule has 1 rings (SSSR count). The second-order valence-electron chi connectivity index (χ2n) is 6.22. The Morgan fingerprint density at radius 2 is 2.00 bits per heavy atom. The van der Waals surface area contributed by atoms with E-state index >= 15 is 0 Å². The van der Waals surface area contributed by atoms with Gasteiger partial charge in [-0.2, -0.15) is 0 Å². The van der Waals surface area contributed by atoms with Crippen molar-refractivity contribution in [1.29, 1.82) is 0 Å². The second kappa shape index (κ2) is 5.16. The third-order valence-corrected chi connectivity index (χ3v) is 3.15. The van der Waals surface area contributed by atoms with Crippen LogP contribution in [-0.4, -0.2) is 28.3 Å². The average Bonchev–Trinajstić information content (AvgIpc) is 2.13. The summed E-state index contributed by atoms with van der Waals surface area (Å²) < 4.78 is 5.14. The molecule has 0 heterocycles. The number of aliphatic carboxylic acids is 1. The Hall–Kier alpha value is -1.26. The molecule has 0 spiro atoms. The van der Waals surface area contributed by atoms with Gasteiger partial charge in [0.1, 0.15) is 11.1 Å². The van der Waals surface area contributed by atoms with Crippen LogP contribution in [0.1, 0.15) is 53.4 Å². The van der Waals surface area contributed by atoms with Gasteiger partial charge in [0.15, 0.2) is 0 Å². The first-order valence-corrected chi connectivity index (χ1v) is 6.39. The lowest BCUT2D eigenvalue weighted by atomic mass is 9.76. The summed E-state index contributed by atoms with van der Waals surface area (Å²) >= 11 is 0. The van der Waals surface area contributed by atoms with Crippen molar-refractivity contribution in [1.82, 2.24) is 5.32 Å². The van der Waals surface area contributed by atoms with Crippen LogP contribution in [0.25, 0.3) is 0 Å². The number of ether oxygens (including phenoxy) is 1. The molecule has 18 heavy (non-hydrogen) atoms. The number of hydrogen-bond donors (Lipinski definition) is 2. The van der Waals surface area contributed by atoms with Gasteiger partial charge in [-0.1, -0.05) is 19.8 Å².